The Hall–Kier alpha value is -3.23. The van der Waals surface area contributed by atoms with E-state index in [1.165, 1.54) is 9.87 Å². The van der Waals surface area contributed by atoms with Crippen molar-refractivity contribution in [2.75, 3.05) is 24.5 Å². The molecule has 4 rings (SSSR count). The molecule has 1 fully saturated rings. The topological polar surface area (TPSA) is 83.7 Å². The minimum Gasteiger partial charge on any atom is -0.355 e. The Kier molecular flexibility index (Phi) is 8.23. The van der Waals surface area contributed by atoms with Crippen LogP contribution >= 0.6 is 0 Å². The molecule has 1 amide bonds. The Morgan fingerprint density at radius 3 is 2.29 bits per heavy atom. The molecule has 0 saturated carbocycles. The molecule has 0 aliphatic carbocycles. The van der Waals surface area contributed by atoms with Gasteiger partial charge in [0.1, 0.15) is 5.69 Å². The smallest absolute Gasteiger partial charge is 0.248 e. The molecule has 0 spiro atoms. The molecule has 0 unspecified atom stereocenters. The van der Waals surface area contributed by atoms with Gasteiger partial charge in [-0.3, -0.25) is 4.79 Å². The monoisotopic (exact) mass is 535 g/mol. The van der Waals surface area contributed by atoms with Gasteiger partial charge in [-0.1, -0.05) is 41.1 Å². The zero-order valence-corrected chi connectivity index (χ0v) is 23.9. The summed E-state index contributed by atoms with van der Waals surface area (Å²) >= 11 is 0. The number of benzene rings is 2. The number of sulfonamides is 1. The SMILES string of the molecule is CCN(C(=O)C1CCN(S(=O)(=O)c2c(C)noc2/C=C/c2c(C)cc(C)cc2C)CC1)c1cccc(C)c1. The van der Waals surface area contributed by atoms with Crippen LogP contribution in [0.4, 0.5) is 5.69 Å². The van der Waals surface area contributed by atoms with Crippen molar-refractivity contribution in [1.82, 2.24) is 9.46 Å². The van der Waals surface area contributed by atoms with E-state index in [0.29, 0.717) is 25.1 Å². The highest BCUT2D eigenvalue weighted by Crippen LogP contribution is 2.31. The lowest BCUT2D eigenvalue weighted by Crippen LogP contribution is -2.44. The molecular formula is C30H37N3O4S. The van der Waals surface area contributed by atoms with Crippen molar-refractivity contribution in [2.24, 2.45) is 5.92 Å². The van der Waals surface area contributed by atoms with Crippen LogP contribution in [0.3, 0.4) is 0 Å². The van der Waals surface area contributed by atoms with Crippen LogP contribution in [0.5, 0.6) is 0 Å². The van der Waals surface area contributed by atoms with Gasteiger partial charge in [0.25, 0.3) is 0 Å². The van der Waals surface area contributed by atoms with E-state index in [0.717, 1.165) is 27.9 Å². The van der Waals surface area contributed by atoms with E-state index in [1.54, 1.807) is 17.9 Å². The standard InChI is InChI=1S/C30H37N3O4S/c1-7-33(26-10-8-9-20(2)19-26)30(34)25-13-15-32(16-14-25)38(35,36)29-24(6)31-37-28(29)12-11-27-22(4)17-21(3)18-23(27)5/h8-12,17-19,25H,7,13-16H2,1-6H3/b12-11+. The summed E-state index contributed by atoms with van der Waals surface area (Å²) in [4.78, 5) is 15.2. The molecule has 202 valence electrons. The molecular weight excluding hydrogens is 498 g/mol. The van der Waals surface area contributed by atoms with E-state index in [9.17, 15) is 13.2 Å². The summed E-state index contributed by atoms with van der Waals surface area (Å²) in [6.45, 7) is 12.8. The second-order valence-electron chi connectivity index (χ2n) is 10.2. The highest BCUT2D eigenvalue weighted by atomic mass is 32.2. The molecule has 2 heterocycles. The molecule has 38 heavy (non-hydrogen) atoms. The van der Waals surface area contributed by atoms with Crippen molar-refractivity contribution in [3.05, 3.63) is 75.7 Å². The van der Waals surface area contributed by atoms with Crippen LogP contribution in [0, 0.1) is 40.5 Å². The largest absolute Gasteiger partial charge is 0.355 e. The predicted molar refractivity (Wildman–Crippen MR) is 152 cm³/mol. The Morgan fingerprint density at radius 2 is 1.68 bits per heavy atom. The molecule has 0 radical (unpaired) electrons. The number of piperidine rings is 1. The number of anilines is 1. The zero-order chi connectivity index (χ0) is 27.6. The third-order valence-corrected chi connectivity index (χ3v) is 9.33. The average molecular weight is 536 g/mol. The predicted octanol–water partition coefficient (Wildman–Crippen LogP) is 5.84. The maximum atomic E-state index is 13.7. The van der Waals surface area contributed by atoms with Crippen molar-refractivity contribution < 1.29 is 17.7 Å². The highest BCUT2D eigenvalue weighted by Gasteiger charge is 2.37. The van der Waals surface area contributed by atoms with Crippen molar-refractivity contribution in [3.8, 4) is 0 Å². The lowest BCUT2D eigenvalue weighted by molar-refractivity contribution is -0.123. The molecule has 1 aliphatic heterocycles. The number of hydrogen-bond acceptors (Lipinski definition) is 5. The van der Waals surface area contributed by atoms with Crippen LogP contribution in [0.1, 0.15) is 59.0 Å². The fourth-order valence-electron chi connectivity index (χ4n) is 5.37. The van der Waals surface area contributed by atoms with E-state index < -0.39 is 10.0 Å². The van der Waals surface area contributed by atoms with E-state index in [2.05, 4.69) is 24.2 Å². The highest BCUT2D eigenvalue weighted by molar-refractivity contribution is 7.89. The molecule has 7 nitrogen and oxygen atoms in total. The van der Waals surface area contributed by atoms with E-state index in [-0.39, 0.29) is 35.6 Å². The molecule has 0 N–H and O–H groups in total. The van der Waals surface area contributed by atoms with E-state index >= 15 is 0 Å². The van der Waals surface area contributed by atoms with Gasteiger partial charge in [0.2, 0.25) is 15.9 Å². The Bertz CT molecular complexity index is 1440. The molecule has 3 aromatic rings. The molecule has 8 heteroatoms. The quantitative estimate of drug-likeness (QED) is 0.379. The summed E-state index contributed by atoms with van der Waals surface area (Å²) in [5.41, 5.74) is 6.73. The van der Waals surface area contributed by atoms with E-state index in [4.69, 9.17) is 4.52 Å². The Balaban J connectivity index is 1.51. The third-order valence-electron chi connectivity index (χ3n) is 7.27. The van der Waals surface area contributed by atoms with Gasteiger partial charge in [-0.2, -0.15) is 4.31 Å². The van der Waals surface area contributed by atoms with Crippen molar-refractivity contribution in [1.29, 1.82) is 0 Å². The normalized spacial score (nSPS) is 15.3. The van der Waals surface area contributed by atoms with Gasteiger partial charge in [0, 0.05) is 31.2 Å². The van der Waals surface area contributed by atoms with Crippen LogP contribution in [-0.2, 0) is 14.8 Å². The number of amides is 1. The average Bonchev–Trinajstić information content (AvgIpc) is 3.25. The minimum atomic E-state index is -3.84. The molecule has 1 aromatic heterocycles. The minimum absolute atomic E-state index is 0.0452. The summed E-state index contributed by atoms with van der Waals surface area (Å²) in [6.07, 6.45) is 4.52. The maximum absolute atomic E-state index is 13.7. The van der Waals surface area contributed by atoms with Crippen LogP contribution < -0.4 is 4.90 Å². The molecule has 0 bridgehead atoms. The summed E-state index contributed by atoms with van der Waals surface area (Å²) < 4.78 is 34.3. The first-order valence-corrected chi connectivity index (χ1v) is 14.6. The first-order chi connectivity index (χ1) is 18.0. The number of carbonyl (C=O) groups excluding carboxylic acids is 1. The van der Waals surface area contributed by atoms with Gasteiger partial charge < -0.3 is 9.42 Å². The fraction of sp³-hybridized carbons (Fsp3) is 0.400. The van der Waals surface area contributed by atoms with Crippen LogP contribution in [0.2, 0.25) is 0 Å². The zero-order valence-electron chi connectivity index (χ0n) is 23.1. The number of carbonyl (C=O) groups is 1. The lowest BCUT2D eigenvalue weighted by atomic mass is 9.96. The van der Waals surface area contributed by atoms with Gasteiger partial charge in [-0.05, 0) is 94.8 Å². The number of hydrogen-bond donors (Lipinski definition) is 0. The van der Waals surface area contributed by atoms with Gasteiger partial charge in [-0.25, -0.2) is 8.42 Å². The second kappa shape index (κ2) is 11.3. The summed E-state index contributed by atoms with van der Waals surface area (Å²) in [5.74, 6) is 0.0396. The van der Waals surface area contributed by atoms with Crippen molar-refractivity contribution >= 4 is 33.8 Å². The Labute approximate surface area is 226 Å². The van der Waals surface area contributed by atoms with Gasteiger partial charge in [-0.15, -0.1) is 0 Å². The van der Waals surface area contributed by atoms with Gasteiger partial charge >= 0.3 is 0 Å². The lowest BCUT2D eigenvalue weighted by Gasteiger charge is -2.33. The first-order valence-electron chi connectivity index (χ1n) is 13.1. The number of nitrogens with zero attached hydrogens (tertiary/aromatic N) is 3. The van der Waals surface area contributed by atoms with Gasteiger partial charge in [0.15, 0.2) is 10.7 Å². The molecule has 0 atom stereocenters. The second-order valence-corrected chi connectivity index (χ2v) is 12.1. The molecule has 1 saturated heterocycles. The summed E-state index contributed by atoms with van der Waals surface area (Å²) in [6, 6.07) is 12.1. The maximum Gasteiger partial charge on any atom is 0.248 e. The van der Waals surface area contributed by atoms with Crippen molar-refractivity contribution in [3.63, 3.8) is 0 Å². The third kappa shape index (κ3) is 5.61. The van der Waals surface area contributed by atoms with Crippen LogP contribution in [0.15, 0.2) is 45.8 Å². The fourth-order valence-corrected chi connectivity index (χ4v) is 7.09. The number of aromatic nitrogens is 1. The van der Waals surface area contributed by atoms with Gasteiger partial charge in [0.05, 0.1) is 0 Å². The summed E-state index contributed by atoms with van der Waals surface area (Å²) in [5, 5.41) is 3.97. The van der Waals surface area contributed by atoms with Crippen LogP contribution in [0.25, 0.3) is 12.2 Å². The Morgan fingerprint density at radius 1 is 1.03 bits per heavy atom. The number of rotatable bonds is 7. The van der Waals surface area contributed by atoms with E-state index in [1.807, 2.05) is 58.0 Å². The van der Waals surface area contributed by atoms with Crippen LogP contribution in [-0.4, -0.2) is 43.4 Å². The molecule has 2 aromatic carbocycles. The summed E-state index contributed by atoms with van der Waals surface area (Å²) in [7, 11) is -3.84. The van der Waals surface area contributed by atoms with Crippen molar-refractivity contribution in [2.45, 2.75) is 59.3 Å². The molecule has 1 aliphatic rings. The number of aryl methyl sites for hydroxylation is 5. The first kappa shape index (κ1) is 27.8.